The van der Waals surface area contributed by atoms with Gasteiger partial charge in [-0.25, -0.2) is 0 Å². The fraction of sp³-hybridized carbons (Fsp3) is 0.867. The molecule has 4 heteroatoms. The Kier molecular flexibility index (Phi) is 2.06. The van der Waals surface area contributed by atoms with Crippen molar-refractivity contribution in [2.24, 2.45) is 11.3 Å². The number of amides is 2. The van der Waals surface area contributed by atoms with Gasteiger partial charge >= 0.3 is 0 Å². The van der Waals surface area contributed by atoms with E-state index in [9.17, 15) is 9.59 Å². The SMILES string of the molecule is CN1C(=O)[C@@]23CCC[C@@]24CC[C@H](C(=O)N4C)[C@@H]1CC3. The third-order valence-corrected chi connectivity index (χ3v) is 6.80. The molecule has 2 spiro atoms. The lowest BCUT2D eigenvalue weighted by Gasteiger charge is -2.62. The molecule has 2 aliphatic carbocycles. The summed E-state index contributed by atoms with van der Waals surface area (Å²) in [5.74, 6) is 0.662. The molecule has 0 radical (unpaired) electrons. The van der Waals surface area contributed by atoms with Crippen molar-refractivity contribution < 1.29 is 9.59 Å². The Morgan fingerprint density at radius 1 is 1.05 bits per heavy atom. The summed E-state index contributed by atoms with van der Waals surface area (Å²) < 4.78 is 0. The molecule has 0 N–H and O–H groups in total. The molecular formula is C15H22N2O2. The molecule has 5 saturated heterocycles. The van der Waals surface area contributed by atoms with Gasteiger partial charge in [-0.2, -0.15) is 0 Å². The van der Waals surface area contributed by atoms with E-state index in [0.717, 1.165) is 44.9 Å². The lowest BCUT2D eigenvalue weighted by molar-refractivity contribution is -0.185. The van der Waals surface area contributed by atoms with Gasteiger partial charge in [0.2, 0.25) is 11.8 Å². The zero-order valence-electron chi connectivity index (χ0n) is 11.8. The molecule has 2 saturated carbocycles. The molecule has 0 unspecified atom stereocenters. The van der Waals surface area contributed by atoms with Crippen LogP contribution in [0.3, 0.4) is 0 Å². The molecule has 5 aliphatic heterocycles. The normalized spacial score (nSPS) is 48.5. The van der Waals surface area contributed by atoms with Crippen molar-refractivity contribution in [1.82, 2.24) is 9.80 Å². The van der Waals surface area contributed by atoms with E-state index in [1.54, 1.807) is 0 Å². The predicted molar refractivity (Wildman–Crippen MR) is 70.3 cm³/mol. The fourth-order valence-electron chi connectivity index (χ4n) is 5.83. The zero-order chi connectivity index (χ0) is 13.4. The van der Waals surface area contributed by atoms with E-state index >= 15 is 0 Å². The number of piperidine rings is 2. The lowest BCUT2D eigenvalue weighted by Crippen LogP contribution is -2.73. The van der Waals surface area contributed by atoms with Crippen LogP contribution in [0.1, 0.15) is 44.9 Å². The Morgan fingerprint density at radius 3 is 2.63 bits per heavy atom. The quantitative estimate of drug-likeness (QED) is 0.662. The maximum absolute atomic E-state index is 13.0. The van der Waals surface area contributed by atoms with Gasteiger partial charge in [-0.3, -0.25) is 9.59 Å². The zero-order valence-corrected chi connectivity index (χ0v) is 11.8. The first-order valence-corrected chi connectivity index (χ1v) is 7.58. The molecule has 2 amide bonds. The van der Waals surface area contributed by atoms with Crippen LogP contribution in [0.2, 0.25) is 0 Å². The van der Waals surface area contributed by atoms with Crippen LogP contribution in [0.4, 0.5) is 0 Å². The van der Waals surface area contributed by atoms with Crippen LogP contribution < -0.4 is 0 Å². The smallest absolute Gasteiger partial charge is 0.231 e. The Hall–Kier alpha value is -1.06. The van der Waals surface area contributed by atoms with Crippen LogP contribution in [-0.2, 0) is 9.59 Å². The van der Waals surface area contributed by atoms with Gasteiger partial charge in [0.15, 0.2) is 0 Å². The number of hydrogen-bond acceptors (Lipinski definition) is 2. The topological polar surface area (TPSA) is 40.6 Å². The van der Waals surface area contributed by atoms with E-state index in [2.05, 4.69) is 0 Å². The van der Waals surface area contributed by atoms with Crippen molar-refractivity contribution >= 4 is 11.8 Å². The number of rotatable bonds is 0. The van der Waals surface area contributed by atoms with E-state index in [1.165, 1.54) is 0 Å². The van der Waals surface area contributed by atoms with Crippen LogP contribution in [0.15, 0.2) is 0 Å². The van der Waals surface area contributed by atoms with E-state index in [0.29, 0.717) is 11.8 Å². The second-order valence-corrected chi connectivity index (χ2v) is 7.03. The molecule has 4 atom stereocenters. The van der Waals surface area contributed by atoms with Crippen molar-refractivity contribution in [2.75, 3.05) is 14.1 Å². The minimum Gasteiger partial charge on any atom is -0.341 e. The Balaban J connectivity index is 1.96. The average molecular weight is 262 g/mol. The third-order valence-electron chi connectivity index (χ3n) is 6.80. The second-order valence-electron chi connectivity index (χ2n) is 7.03. The standard InChI is InChI=1S/C15H22N2O2/c1-16-11-5-8-14(13(16)19)6-3-7-15(14)9-4-10(11)12(18)17(15)2/h10-11H,3-9H2,1-2H3/t10-,11-,14-,15+/m0/s1. The summed E-state index contributed by atoms with van der Waals surface area (Å²) in [6.07, 6.45) is 7.12. The highest BCUT2D eigenvalue weighted by molar-refractivity contribution is 5.91. The summed E-state index contributed by atoms with van der Waals surface area (Å²) in [6.45, 7) is 0. The van der Waals surface area contributed by atoms with Gasteiger partial charge in [-0.05, 0) is 44.9 Å². The molecule has 4 nitrogen and oxygen atoms in total. The van der Waals surface area contributed by atoms with Crippen LogP contribution >= 0.6 is 0 Å². The summed E-state index contributed by atoms with van der Waals surface area (Å²) in [7, 11) is 3.88. The second kappa shape index (κ2) is 3.33. The van der Waals surface area contributed by atoms with Crippen molar-refractivity contribution in [2.45, 2.75) is 56.5 Å². The Bertz CT molecular complexity index is 477. The van der Waals surface area contributed by atoms with Crippen molar-refractivity contribution in [3.8, 4) is 0 Å². The van der Waals surface area contributed by atoms with Gasteiger partial charge in [0.05, 0.1) is 16.9 Å². The van der Waals surface area contributed by atoms with E-state index in [1.807, 2.05) is 23.9 Å². The minimum absolute atomic E-state index is 0.0449. The molecule has 0 aromatic heterocycles. The minimum atomic E-state index is -0.270. The molecule has 7 fully saturated rings. The summed E-state index contributed by atoms with van der Waals surface area (Å²) in [5.41, 5.74) is -0.439. The highest BCUT2D eigenvalue weighted by Gasteiger charge is 2.69. The summed E-state index contributed by atoms with van der Waals surface area (Å²) in [5, 5.41) is 0. The van der Waals surface area contributed by atoms with Gasteiger partial charge in [0, 0.05) is 20.1 Å². The van der Waals surface area contributed by atoms with Crippen LogP contribution in [0, 0.1) is 11.3 Å². The molecule has 104 valence electrons. The monoisotopic (exact) mass is 262 g/mol. The van der Waals surface area contributed by atoms with Gasteiger partial charge in [0.1, 0.15) is 0 Å². The summed E-state index contributed by atoms with van der Waals surface area (Å²) >= 11 is 0. The first-order valence-electron chi connectivity index (χ1n) is 7.58. The van der Waals surface area contributed by atoms with Crippen LogP contribution in [-0.4, -0.2) is 47.3 Å². The molecule has 4 bridgehead atoms. The molecule has 5 heterocycles. The number of carbonyl (C=O) groups excluding carboxylic acids is 2. The van der Waals surface area contributed by atoms with Crippen molar-refractivity contribution in [3.05, 3.63) is 0 Å². The highest BCUT2D eigenvalue weighted by atomic mass is 16.2. The van der Waals surface area contributed by atoms with Gasteiger partial charge < -0.3 is 9.80 Å². The van der Waals surface area contributed by atoms with Crippen molar-refractivity contribution in [1.29, 1.82) is 0 Å². The number of hydrogen-bond donors (Lipinski definition) is 0. The predicted octanol–water partition coefficient (Wildman–Crippen LogP) is 1.40. The summed E-state index contributed by atoms with van der Waals surface area (Å²) in [6, 6.07) is 0.145. The third kappa shape index (κ3) is 1.05. The summed E-state index contributed by atoms with van der Waals surface area (Å²) in [4.78, 5) is 29.6. The molecule has 7 aliphatic rings. The molecule has 0 aromatic carbocycles. The van der Waals surface area contributed by atoms with Gasteiger partial charge in [0.25, 0.3) is 0 Å². The first kappa shape index (κ1) is 11.7. The van der Waals surface area contributed by atoms with E-state index in [4.69, 9.17) is 0 Å². The van der Waals surface area contributed by atoms with Crippen LogP contribution in [0.25, 0.3) is 0 Å². The van der Waals surface area contributed by atoms with E-state index < -0.39 is 0 Å². The first-order chi connectivity index (χ1) is 9.03. The maximum Gasteiger partial charge on any atom is 0.231 e. The molecule has 19 heavy (non-hydrogen) atoms. The molecule has 0 aromatic rings. The van der Waals surface area contributed by atoms with Crippen molar-refractivity contribution in [3.63, 3.8) is 0 Å². The van der Waals surface area contributed by atoms with Gasteiger partial charge in [-0.15, -0.1) is 0 Å². The Morgan fingerprint density at radius 2 is 1.84 bits per heavy atom. The van der Waals surface area contributed by atoms with Crippen LogP contribution in [0.5, 0.6) is 0 Å². The maximum atomic E-state index is 13.0. The highest BCUT2D eigenvalue weighted by Crippen LogP contribution is 2.62. The fourth-order valence-corrected chi connectivity index (χ4v) is 5.83. The molecular weight excluding hydrogens is 240 g/mol. The number of carbonyl (C=O) groups is 2. The van der Waals surface area contributed by atoms with Gasteiger partial charge in [-0.1, -0.05) is 0 Å². The van der Waals surface area contributed by atoms with E-state index in [-0.39, 0.29) is 22.9 Å². The largest absolute Gasteiger partial charge is 0.341 e. The lowest BCUT2D eigenvalue weighted by atomic mass is 9.56. The number of nitrogens with zero attached hydrogens (tertiary/aromatic N) is 2. The Labute approximate surface area is 114 Å². The average Bonchev–Trinajstić information content (AvgIpc) is 2.72. The molecule has 7 rings (SSSR count).